The van der Waals surface area contributed by atoms with Crippen LogP contribution < -0.4 is 10.6 Å². The smallest absolute Gasteiger partial charge is 0.314 e. The predicted octanol–water partition coefficient (Wildman–Crippen LogP) is 3.73. The zero-order chi connectivity index (χ0) is 19.5. The first-order chi connectivity index (χ1) is 13.6. The molecule has 0 atom stereocenters. The molecule has 0 aliphatic heterocycles. The van der Waals surface area contributed by atoms with Crippen LogP contribution in [0.25, 0.3) is 22.2 Å². The first kappa shape index (κ1) is 17.8. The number of H-pyrrole nitrogens is 1. The summed E-state index contributed by atoms with van der Waals surface area (Å²) >= 11 is 5.95. The Balaban J connectivity index is 1.36. The van der Waals surface area contributed by atoms with Gasteiger partial charge in [0, 0.05) is 27.9 Å². The van der Waals surface area contributed by atoms with Gasteiger partial charge in [0.2, 0.25) is 0 Å². The van der Waals surface area contributed by atoms with E-state index in [1.165, 1.54) is 6.07 Å². The second kappa shape index (κ2) is 7.58. The lowest BCUT2D eigenvalue weighted by Gasteiger charge is -2.03. The Morgan fingerprint density at radius 3 is 2.71 bits per heavy atom. The number of carbonyl (C=O) groups is 2. The lowest BCUT2D eigenvalue weighted by Crippen LogP contribution is -2.35. The third kappa shape index (κ3) is 3.89. The van der Waals surface area contributed by atoms with Crippen molar-refractivity contribution >= 4 is 40.1 Å². The summed E-state index contributed by atoms with van der Waals surface area (Å²) in [5.74, 6) is -1.04. The second-order valence-corrected chi connectivity index (χ2v) is 6.54. The molecule has 2 amide bonds. The van der Waals surface area contributed by atoms with Crippen molar-refractivity contribution in [2.24, 2.45) is 0 Å². The summed E-state index contributed by atoms with van der Waals surface area (Å²) < 4.78 is 5.19. The predicted molar refractivity (Wildman–Crippen MR) is 106 cm³/mol. The van der Waals surface area contributed by atoms with E-state index in [1.807, 2.05) is 30.3 Å². The Bertz CT molecular complexity index is 1130. The first-order valence-electron chi connectivity index (χ1n) is 8.47. The van der Waals surface area contributed by atoms with Crippen LogP contribution in [0.15, 0.2) is 65.2 Å². The lowest BCUT2D eigenvalue weighted by molar-refractivity contribution is -0.136. The number of anilines is 1. The Hall–Kier alpha value is -3.58. The molecule has 7 nitrogen and oxygen atoms in total. The molecule has 0 saturated heterocycles. The Morgan fingerprint density at radius 1 is 1.04 bits per heavy atom. The van der Waals surface area contributed by atoms with E-state index in [0.29, 0.717) is 16.3 Å². The Labute approximate surface area is 164 Å². The summed E-state index contributed by atoms with van der Waals surface area (Å²) in [6, 6.07) is 18.2. The summed E-state index contributed by atoms with van der Waals surface area (Å²) in [5.41, 5.74) is 2.48. The number of rotatable bonds is 4. The molecule has 0 fully saturated rings. The van der Waals surface area contributed by atoms with Gasteiger partial charge < -0.3 is 14.8 Å². The number of para-hydroxylation sites is 1. The Morgan fingerprint density at radius 2 is 1.89 bits per heavy atom. The minimum absolute atomic E-state index is 0.140. The molecule has 0 bridgehead atoms. The average Bonchev–Trinajstić information content (AvgIpc) is 3.32. The molecule has 8 heteroatoms. The zero-order valence-electron chi connectivity index (χ0n) is 14.5. The summed E-state index contributed by atoms with van der Waals surface area (Å²) in [6.45, 7) is 0.202. The number of nitrogens with zero attached hydrogens (tertiary/aromatic N) is 1. The third-order valence-corrected chi connectivity index (χ3v) is 4.33. The molecule has 2 aromatic heterocycles. The van der Waals surface area contributed by atoms with E-state index in [4.69, 9.17) is 16.1 Å². The van der Waals surface area contributed by atoms with Gasteiger partial charge in [0.1, 0.15) is 0 Å². The van der Waals surface area contributed by atoms with Crippen LogP contribution in [0, 0.1) is 0 Å². The molecule has 2 heterocycles. The summed E-state index contributed by atoms with van der Waals surface area (Å²) in [6.07, 6.45) is 0. The monoisotopic (exact) mass is 394 g/mol. The standard InChI is InChI=1S/C20H15ClN4O3/c21-14-6-3-5-13(8-14)17-10-18(25-28-17)24-20(27)19(26)22-11-15-9-12-4-1-2-7-16(12)23-15/h1-10,23H,11H2,(H,22,26)(H,24,25,27). The van der Waals surface area contributed by atoms with Crippen LogP contribution in [0.5, 0.6) is 0 Å². The minimum Gasteiger partial charge on any atom is -0.357 e. The number of aromatic amines is 1. The number of carbonyl (C=O) groups excluding carboxylic acids is 2. The number of hydrogen-bond donors (Lipinski definition) is 3. The second-order valence-electron chi connectivity index (χ2n) is 6.11. The van der Waals surface area contributed by atoms with Crippen LogP contribution in [-0.4, -0.2) is 22.0 Å². The quantitative estimate of drug-likeness (QED) is 0.459. The molecule has 3 N–H and O–H groups in total. The van der Waals surface area contributed by atoms with Gasteiger partial charge in [-0.3, -0.25) is 14.9 Å². The molecule has 28 heavy (non-hydrogen) atoms. The van der Waals surface area contributed by atoms with Gasteiger partial charge in [0.15, 0.2) is 11.6 Å². The van der Waals surface area contributed by atoms with Crippen molar-refractivity contribution in [3.63, 3.8) is 0 Å². The maximum atomic E-state index is 12.1. The van der Waals surface area contributed by atoms with Crippen LogP contribution in [-0.2, 0) is 16.1 Å². The molecule has 4 rings (SSSR count). The molecule has 0 aliphatic rings. The van der Waals surface area contributed by atoms with Gasteiger partial charge in [-0.15, -0.1) is 0 Å². The first-order valence-corrected chi connectivity index (χ1v) is 8.85. The van der Waals surface area contributed by atoms with Crippen LogP contribution in [0.3, 0.4) is 0 Å². The largest absolute Gasteiger partial charge is 0.357 e. The highest BCUT2D eigenvalue weighted by molar-refractivity contribution is 6.39. The topological polar surface area (TPSA) is 100 Å². The van der Waals surface area contributed by atoms with E-state index >= 15 is 0 Å². The van der Waals surface area contributed by atoms with Crippen molar-refractivity contribution in [2.45, 2.75) is 6.54 Å². The summed E-state index contributed by atoms with van der Waals surface area (Å²) in [7, 11) is 0. The van der Waals surface area contributed by atoms with E-state index in [2.05, 4.69) is 20.8 Å². The van der Waals surface area contributed by atoms with E-state index in [1.54, 1.807) is 24.3 Å². The van der Waals surface area contributed by atoms with Gasteiger partial charge in [-0.05, 0) is 29.7 Å². The zero-order valence-corrected chi connectivity index (χ0v) is 15.3. The van der Waals surface area contributed by atoms with Crippen molar-refractivity contribution in [3.8, 4) is 11.3 Å². The minimum atomic E-state index is -0.831. The molecule has 0 radical (unpaired) electrons. The average molecular weight is 395 g/mol. The fourth-order valence-electron chi connectivity index (χ4n) is 2.77. The number of amides is 2. The highest BCUT2D eigenvalue weighted by atomic mass is 35.5. The van der Waals surface area contributed by atoms with Crippen molar-refractivity contribution in [2.75, 3.05) is 5.32 Å². The lowest BCUT2D eigenvalue weighted by atomic mass is 10.2. The molecule has 0 spiro atoms. The molecule has 0 aliphatic carbocycles. The van der Waals surface area contributed by atoms with E-state index in [0.717, 1.165) is 16.6 Å². The highest BCUT2D eigenvalue weighted by Gasteiger charge is 2.16. The van der Waals surface area contributed by atoms with Gasteiger partial charge in [0.25, 0.3) is 0 Å². The van der Waals surface area contributed by atoms with Crippen LogP contribution in [0.1, 0.15) is 5.69 Å². The van der Waals surface area contributed by atoms with Crippen molar-refractivity contribution in [1.29, 1.82) is 0 Å². The number of benzene rings is 2. The van der Waals surface area contributed by atoms with E-state index in [-0.39, 0.29) is 12.4 Å². The fraction of sp³-hybridized carbons (Fsp3) is 0.0500. The molecule has 140 valence electrons. The van der Waals surface area contributed by atoms with Crippen LogP contribution in [0.4, 0.5) is 5.82 Å². The van der Waals surface area contributed by atoms with Gasteiger partial charge in [-0.1, -0.05) is 47.1 Å². The molecule has 0 saturated carbocycles. The molecular weight excluding hydrogens is 380 g/mol. The van der Waals surface area contributed by atoms with Crippen LogP contribution >= 0.6 is 11.6 Å². The molecule has 0 unspecified atom stereocenters. The number of hydrogen-bond acceptors (Lipinski definition) is 4. The highest BCUT2D eigenvalue weighted by Crippen LogP contribution is 2.24. The van der Waals surface area contributed by atoms with E-state index in [9.17, 15) is 9.59 Å². The maximum absolute atomic E-state index is 12.1. The number of nitrogens with one attached hydrogen (secondary N) is 3. The van der Waals surface area contributed by atoms with Crippen molar-refractivity contribution in [1.82, 2.24) is 15.5 Å². The van der Waals surface area contributed by atoms with Gasteiger partial charge in [-0.25, -0.2) is 0 Å². The fourth-order valence-corrected chi connectivity index (χ4v) is 2.96. The molecule has 4 aromatic rings. The van der Waals surface area contributed by atoms with Crippen molar-refractivity contribution in [3.05, 3.63) is 71.4 Å². The van der Waals surface area contributed by atoms with Gasteiger partial charge in [0.05, 0.1) is 6.54 Å². The maximum Gasteiger partial charge on any atom is 0.314 e. The normalized spacial score (nSPS) is 10.8. The summed E-state index contributed by atoms with van der Waals surface area (Å²) in [5, 5.41) is 10.3. The van der Waals surface area contributed by atoms with Crippen LogP contribution in [0.2, 0.25) is 5.02 Å². The van der Waals surface area contributed by atoms with Crippen molar-refractivity contribution < 1.29 is 14.1 Å². The Kier molecular flexibility index (Phi) is 4.82. The third-order valence-electron chi connectivity index (χ3n) is 4.09. The molecular formula is C20H15ClN4O3. The number of fused-ring (bicyclic) bond motifs is 1. The number of aromatic nitrogens is 2. The number of halogens is 1. The molecule has 2 aromatic carbocycles. The summed E-state index contributed by atoms with van der Waals surface area (Å²) in [4.78, 5) is 27.3. The SMILES string of the molecule is O=C(NCc1cc2ccccc2[nH]1)C(=O)Nc1cc(-c2cccc(Cl)c2)on1. The van der Waals surface area contributed by atoms with E-state index < -0.39 is 11.8 Å². The van der Waals surface area contributed by atoms with Gasteiger partial charge in [-0.2, -0.15) is 0 Å². The van der Waals surface area contributed by atoms with Gasteiger partial charge >= 0.3 is 11.8 Å².